The molecule has 1 aliphatic rings. The van der Waals surface area contributed by atoms with E-state index in [0.717, 1.165) is 38.1 Å². The Morgan fingerprint density at radius 1 is 1.29 bits per heavy atom. The number of amides is 1. The molecule has 0 unspecified atom stereocenters. The molecule has 0 spiro atoms. The Balaban J connectivity index is 1.55. The maximum Gasteiger partial charge on any atom is 0.221 e. The fourth-order valence-electron chi connectivity index (χ4n) is 2.76. The van der Waals surface area contributed by atoms with E-state index in [1.54, 1.807) is 7.11 Å². The second-order valence-electron chi connectivity index (χ2n) is 5.65. The molecule has 1 aliphatic carbocycles. The SMILES string of the molecule is COc1cccc(CCNCCC(=O)NC2CCCC2)c1. The Morgan fingerprint density at radius 2 is 2.10 bits per heavy atom. The molecule has 1 aromatic rings. The number of nitrogens with one attached hydrogen (secondary N) is 2. The Kier molecular flexibility index (Phi) is 6.54. The molecule has 1 aromatic carbocycles. The summed E-state index contributed by atoms with van der Waals surface area (Å²) in [7, 11) is 1.68. The van der Waals surface area contributed by atoms with Gasteiger partial charge in [0.15, 0.2) is 0 Å². The quantitative estimate of drug-likeness (QED) is 0.722. The molecule has 116 valence electrons. The first-order valence-electron chi connectivity index (χ1n) is 7.91. The molecule has 0 atom stereocenters. The van der Waals surface area contributed by atoms with Gasteiger partial charge >= 0.3 is 0 Å². The zero-order valence-corrected chi connectivity index (χ0v) is 12.9. The van der Waals surface area contributed by atoms with E-state index < -0.39 is 0 Å². The molecule has 2 N–H and O–H groups in total. The molecule has 4 heteroatoms. The Morgan fingerprint density at radius 3 is 2.86 bits per heavy atom. The van der Waals surface area contributed by atoms with Crippen LogP contribution in [0.1, 0.15) is 37.7 Å². The number of carbonyl (C=O) groups is 1. The van der Waals surface area contributed by atoms with Gasteiger partial charge in [-0.15, -0.1) is 0 Å². The summed E-state index contributed by atoms with van der Waals surface area (Å²) in [5.74, 6) is 1.07. The minimum absolute atomic E-state index is 0.177. The highest BCUT2D eigenvalue weighted by Gasteiger charge is 2.16. The van der Waals surface area contributed by atoms with Gasteiger partial charge in [0, 0.05) is 19.0 Å². The third kappa shape index (κ3) is 5.76. The molecule has 0 radical (unpaired) electrons. The molecular weight excluding hydrogens is 264 g/mol. The van der Waals surface area contributed by atoms with Crippen molar-refractivity contribution in [2.45, 2.75) is 44.6 Å². The lowest BCUT2D eigenvalue weighted by molar-refractivity contribution is -0.121. The molecule has 21 heavy (non-hydrogen) atoms. The standard InChI is InChI=1S/C17H26N2O2/c1-21-16-8-4-5-14(13-16)9-11-18-12-10-17(20)19-15-6-2-3-7-15/h4-5,8,13,15,18H,2-3,6-7,9-12H2,1H3,(H,19,20). The van der Waals surface area contributed by atoms with Crippen molar-refractivity contribution in [2.75, 3.05) is 20.2 Å². The van der Waals surface area contributed by atoms with Crippen molar-refractivity contribution in [2.24, 2.45) is 0 Å². The highest BCUT2D eigenvalue weighted by molar-refractivity contribution is 5.76. The van der Waals surface area contributed by atoms with Gasteiger partial charge in [-0.2, -0.15) is 0 Å². The van der Waals surface area contributed by atoms with Crippen molar-refractivity contribution >= 4 is 5.91 Å². The van der Waals surface area contributed by atoms with E-state index in [4.69, 9.17) is 4.74 Å². The highest BCUT2D eigenvalue weighted by atomic mass is 16.5. The molecule has 1 amide bonds. The number of hydrogen-bond donors (Lipinski definition) is 2. The van der Waals surface area contributed by atoms with E-state index in [0.29, 0.717) is 12.5 Å². The third-order valence-corrected chi connectivity index (χ3v) is 3.97. The number of hydrogen-bond acceptors (Lipinski definition) is 3. The van der Waals surface area contributed by atoms with Crippen LogP contribution in [0, 0.1) is 0 Å². The van der Waals surface area contributed by atoms with Gasteiger partial charge in [-0.05, 0) is 43.5 Å². The number of benzene rings is 1. The van der Waals surface area contributed by atoms with Crippen molar-refractivity contribution in [1.29, 1.82) is 0 Å². The van der Waals surface area contributed by atoms with Crippen molar-refractivity contribution in [3.05, 3.63) is 29.8 Å². The molecular formula is C17H26N2O2. The lowest BCUT2D eigenvalue weighted by atomic mass is 10.1. The smallest absolute Gasteiger partial charge is 0.221 e. The topological polar surface area (TPSA) is 50.4 Å². The second-order valence-corrected chi connectivity index (χ2v) is 5.65. The van der Waals surface area contributed by atoms with Gasteiger partial charge in [0.1, 0.15) is 5.75 Å². The van der Waals surface area contributed by atoms with Gasteiger partial charge in [0.25, 0.3) is 0 Å². The van der Waals surface area contributed by atoms with Crippen LogP contribution in [-0.4, -0.2) is 32.1 Å². The largest absolute Gasteiger partial charge is 0.497 e. The van der Waals surface area contributed by atoms with E-state index in [2.05, 4.69) is 22.8 Å². The first-order valence-corrected chi connectivity index (χ1v) is 7.91. The molecule has 0 heterocycles. The van der Waals surface area contributed by atoms with Gasteiger partial charge in [0.2, 0.25) is 5.91 Å². The second kappa shape index (κ2) is 8.67. The predicted molar refractivity (Wildman–Crippen MR) is 84.6 cm³/mol. The highest BCUT2D eigenvalue weighted by Crippen LogP contribution is 2.17. The van der Waals surface area contributed by atoms with Gasteiger partial charge in [0.05, 0.1) is 7.11 Å². The molecule has 2 rings (SSSR count). The Labute approximate surface area is 127 Å². The summed E-state index contributed by atoms with van der Waals surface area (Å²) >= 11 is 0. The summed E-state index contributed by atoms with van der Waals surface area (Å²) in [5.41, 5.74) is 1.25. The minimum Gasteiger partial charge on any atom is -0.497 e. The van der Waals surface area contributed by atoms with E-state index in [1.165, 1.54) is 18.4 Å². The van der Waals surface area contributed by atoms with Crippen LogP contribution in [0.3, 0.4) is 0 Å². The summed E-state index contributed by atoms with van der Waals surface area (Å²) in [6.07, 6.45) is 6.31. The monoisotopic (exact) mass is 290 g/mol. The number of methoxy groups -OCH3 is 1. The number of ether oxygens (including phenoxy) is 1. The van der Waals surface area contributed by atoms with Crippen LogP contribution in [0.5, 0.6) is 5.75 Å². The van der Waals surface area contributed by atoms with Crippen LogP contribution in [0.25, 0.3) is 0 Å². The number of rotatable bonds is 8. The molecule has 1 fully saturated rings. The van der Waals surface area contributed by atoms with E-state index in [-0.39, 0.29) is 5.91 Å². The lowest BCUT2D eigenvalue weighted by Gasteiger charge is -2.12. The van der Waals surface area contributed by atoms with Crippen LogP contribution in [0.2, 0.25) is 0 Å². The maximum absolute atomic E-state index is 11.7. The summed E-state index contributed by atoms with van der Waals surface area (Å²) in [4.78, 5) is 11.7. The summed E-state index contributed by atoms with van der Waals surface area (Å²) < 4.78 is 5.20. The zero-order valence-electron chi connectivity index (χ0n) is 12.9. The minimum atomic E-state index is 0.177. The van der Waals surface area contributed by atoms with Crippen molar-refractivity contribution in [1.82, 2.24) is 10.6 Å². The van der Waals surface area contributed by atoms with Crippen molar-refractivity contribution in [3.8, 4) is 5.75 Å². The summed E-state index contributed by atoms with van der Waals surface area (Å²) in [6.45, 7) is 1.62. The predicted octanol–water partition coefficient (Wildman–Crippen LogP) is 2.28. The first-order chi connectivity index (χ1) is 10.3. The zero-order chi connectivity index (χ0) is 14.9. The molecule has 4 nitrogen and oxygen atoms in total. The maximum atomic E-state index is 11.7. The van der Waals surface area contributed by atoms with Gasteiger partial charge < -0.3 is 15.4 Å². The fraction of sp³-hybridized carbons (Fsp3) is 0.588. The van der Waals surface area contributed by atoms with Crippen LogP contribution in [0.4, 0.5) is 0 Å². The lowest BCUT2D eigenvalue weighted by Crippen LogP contribution is -2.34. The van der Waals surface area contributed by atoms with E-state index in [9.17, 15) is 4.79 Å². The number of carbonyl (C=O) groups excluding carboxylic acids is 1. The van der Waals surface area contributed by atoms with Crippen molar-refractivity contribution < 1.29 is 9.53 Å². The van der Waals surface area contributed by atoms with E-state index in [1.807, 2.05) is 12.1 Å². The van der Waals surface area contributed by atoms with Crippen molar-refractivity contribution in [3.63, 3.8) is 0 Å². The molecule has 1 saturated carbocycles. The first kappa shape index (κ1) is 15.8. The Hall–Kier alpha value is -1.55. The molecule has 0 saturated heterocycles. The fourth-order valence-corrected chi connectivity index (χ4v) is 2.76. The average Bonchev–Trinajstić information content (AvgIpc) is 3.00. The Bertz CT molecular complexity index is 442. The third-order valence-electron chi connectivity index (χ3n) is 3.97. The van der Waals surface area contributed by atoms with Crippen LogP contribution in [-0.2, 0) is 11.2 Å². The molecule has 0 bridgehead atoms. The van der Waals surface area contributed by atoms with Gasteiger partial charge in [-0.3, -0.25) is 4.79 Å². The normalized spacial score (nSPS) is 15.1. The van der Waals surface area contributed by atoms with Crippen LogP contribution >= 0.6 is 0 Å². The van der Waals surface area contributed by atoms with Gasteiger partial charge in [-0.1, -0.05) is 25.0 Å². The molecule has 0 aromatic heterocycles. The summed E-state index contributed by atoms with van der Waals surface area (Å²) in [6, 6.07) is 8.52. The molecule has 0 aliphatic heterocycles. The van der Waals surface area contributed by atoms with Gasteiger partial charge in [-0.25, -0.2) is 0 Å². The average molecular weight is 290 g/mol. The van der Waals surface area contributed by atoms with Crippen LogP contribution < -0.4 is 15.4 Å². The van der Waals surface area contributed by atoms with E-state index >= 15 is 0 Å². The van der Waals surface area contributed by atoms with Crippen LogP contribution in [0.15, 0.2) is 24.3 Å². The summed E-state index contributed by atoms with van der Waals surface area (Å²) in [5, 5.41) is 6.43.